The van der Waals surface area contributed by atoms with E-state index in [0.717, 1.165) is 31.4 Å². The molecule has 1 aliphatic rings. The Hall–Kier alpha value is -3.83. The van der Waals surface area contributed by atoms with Crippen LogP contribution in [-0.4, -0.2) is 20.8 Å². The van der Waals surface area contributed by atoms with Gasteiger partial charge in [-0.1, -0.05) is 29.8 Å². The predicted octanol–water partition coefficient (Wildman–Crippen LogP) is 5.92. The smallest absolute Gasteiger partial charge is 0.261 e. The lowest BCUT2D eigenvalue weighted by Crippen LogP contribution is -2.41. The zero-order valence-electron chi connectivity index (χ0n) is 18.9. The van der Waals surface area contributed by atoms with Crippen LogP contribution in [0, 0.1) is 17.1 Å². The maximum atomic E-state index is 14.0. The van der Waals surface area contributed by atoms with Crippen LogP contribution in [0.25, 0.3) is 10.9 Å². The summed E-state index contributed by atoms with van der Waals surface area (Å²) in [6.07, 6.45) is 5.01. The molecule has 0 saturated heterocycles. The number of rotatable bonds is 6. The SMILES string of the molecule is N#CCC1(n2nc(Nc3ccc(Cl)c(F)c3)c3c(=O)[nH]ccc32)CCC(Nc2ccccc2)CC1. The number of aromatic amines is 1. The minimum atomic E-state index is -0.570. The molecule has 7 nitrogen and oxygen atoms in total. The minimum Gasteiger partial charge on any atom is -0.382 e. The second-order valence-electron chi connectivity index (χ2n) is 8.93. The summed E-state index contributed by atoms with van der Waals surface area (Å²) in [5, 5.41) is 21.5. The van der Waals surface area contributed by atoms with Crippen LogP contribution in [0.15, 0.2) is 65.6 Å². The van der Waals surface area contributed by atoms with Gasteiger partial charge in [-0.15, -0.1) is 0 Å². The average molecular weight is 491 g/mol. The van der Waals surface area contributed by atoms with Gasteiger partial charge in [-0.3, -0.25) is 9.48 Å². The number of para-hydroxylation sites is 1. The first-order valence-corrected chi connectivity index (χ1v) is 11.9. The van der Waals surface area contributed by atoms with Gasteiger partial charge >= 0.3 is 0 Å². The summed E-state index contributed by atoms with van der Waals surface area (Å²) in [7, 11) is 0. The third-order valence-electron chi connectivity index (χ3n) is 6.70. The fourth-order valence-electron chi connectivity index (χ4n) is 4.92. The Morgan fingerprint density at radius 3 is 2.66 bits per heavy atom. The van der Waals surface area contributed by atoms with E-state index in [1.54, 1.807) is 18.3 Å². The van der Waals surface area contributed by atoms with Gasteiger partial charge in [0.05, 0.1) is 28.6 Å². The van der Waals surface area contributed by atoms with E-state index >= 15 is 0 Å². The molecule has 5 rings (SSSR count). The second kappa shape index (κ2) is 9.43. The zero-order valence-corrected chi connectivity index (χ0v) is 19.6. The molecule has 0 spiro atoms. The van der Waals surface area contributed by atoms with Gasteiger partial charge in [0.1, 0.15) is 11.2 Å². The van der Waals surface area contributed by atoms with Crippen LogP contribution in [0.2, 0.25) is 5.02 Å². The monoisotopic (exact) mass is 490 g/mol. The van der Waals surface area contributed by atoms with Crippen molar-refractivity contribution in [3.8, 4) is 6.07 Å². The van der Waals surface area contributed by atoms with Gasteiger partial charge in [0.15, 0.2) is 5.82 Å². The molecule has 1 aliphatic carbocycles. The first-order chi connectivity index (χ1) is 17.0. The van der Waals surface area contributed by atoms with E-state index in [2.05, 4.69) is 21.7 Å². The maximum Gasteiger partial charge on any atom is 0.261 e. The summed E-state index contributed by atoms with van der Waals surface area (Å²) < 4.78 is 15.8. The van der Waals surface area contributed by atoms with Crippen LogP contribution in [0.3, 0.4) is 0 Å². The number of nitrogens with one attached hydrogen (secondary N) is 3. The number of benzene rings is 2. The molecule has 0 amide bonds. The number of anilines is 3. The number of nitrogens with zero attached hydrogens (tertiary/aromatic N) is 3. The maximum absolute atomic E-state index is 14.0. The summed E-state index contributed by atoms with van der Waals surface area (Å²) in [4.78, 5) is 15.5. The Balaban J connectivity index is 1.50. The normalized spacial score (nSPS) is 19.9. The number of hydrogen-bond donors (Lipinski definition) is 3. The van der Waals surface area contributed by atoms with E-state index < -0.39 is 11.4 Å². The van der Waals surface area contributed by atoms with Gasteiger partial charge in [0.2, 0.25) is 0 Å². The van der Waals surface area contributed by atoms with Crippen LogP contribution in [0.4, 0.5) is 21.6 Å². The van der Waals surface area contributed by atoms with Crippen molar-refractivity contribution in [1.29, 1.82) is 5.26 Å². The summed E-state index contributed by atoms with van der Waals surface area (Å²) >= 11 is 5.81. The van der Waals surface area contributed by atoms with Crippen molar-refractivity contribution in [3.63, 3.8) is 0 Å². The van der Waals surface area contributed by atoms with Crippen LogP contribution in [-0.2, 0) is 5.54 Å². The Morgan fingerprint density at radius 1 is 1.17 bits per heavy atom. The van der Waals surface area contributed by atoms with E-state index in [1.807, 2.05) is 35.0 Å². The van der Waals surface area contributed by atoms with Gasteiger partial charge in [-0.05, 0) is 62.1 Å². The fraction of sp³-hybridized carbons (Fsp3) is 0.269. The van der Waals surface area contributed by atoms with Crippen LogP contribution >= 0.6 is 11.6 Å². The molecule has 35 heavy (non-hydrogen) atoms. The van der Waals surface area contributed by atoms with E-state index in [-0.39, 0.29) is 23.0 Å². The van der Waals surface area contributed by atoms with Gasteiger partial charge in [-0.2, -0.15) is 10.4 Å². The first kappa shape index (κ1) is 22.9. The van der Waals surface area contributed by atoms with Gasteiger partial charge in [0, 0.05) is 23.6 Å². The number of pyridine rings is 1. The lowest BCUT2D eigenvalue weighted by atomic mass is 9.77. The first-order valence-electron chi connectivity index (χ1n) is 11.5. The number of fused-ring (bicyclic) bond motifs is 1. The standard InChI is InChI=1S/C26H24ClFN6O/c27-20-7-6-19(16-21(20)28)32-24-23-22(10-15-30-25(23)35)34(33-24)26(13-14-29)11-8-18(9-12-26)31-17-4-2-1-3-5-17/h1-7,10,15-16,18,31H,8-9,11-13H2,(H,30,35)(H,32,33). The van der Waals surface area contributed by atoms with Crippen LogP contribution in [0.1, 0.15) is 32.1 Å². The molecular weight excluding hydrogens is 467 g/mol. The Kier molecular flexibility index (Phi) is 6.18. The molecule has 0 aliphatic heterocycles. The fourth-order valence-corrected chi connectivity index (χ4v) is 5.03. The number of hydrogen-bond acceptors (Lipinski definition) is 5. The molecule has 0 unspecified atom stereocenters. The largest absolute Gasteiger partial charge is 0.382 e. The molecule has 0 atom stereocenters. The molecule has 2 aromatic carbocycles. The Morgan fingerprint density at radius 2 is 1.94 bits per heavy atom. The molecule has 178 valence electrons. The predicted molar refractivity (Wildman–Crippen MR) is 136 cm³/mol. The molecule has 9 heteroatoms. The molecule has 4 aromatic rings. The van der Waals surface area contributed by atoms with Crippen molar-refractivity contribution in [2.45, 2.75) is 43.7 Å². The lowest BCUT2D eigenvalue weighted by molar-refractivity contribution is 0.177. The molecule has 2 heterocycles. The molecule has 1 fully saturated rings. The van der Waals surface area contributed by atoms with Crippen molar-refractivity contribution >= 4 is 39.7 Å². The summed E-state index contributed by atoms with van der Waals surface area (Å²) in [5.41, 5.74) is 1.27. The van der Waals surface area contributed by atoms with Gasteiger partial charge in [0.25, 0.3) is 5.56 Å². The zero-order chi connectivity index (χ0) is 24.4. The molecule has 0 radical (unpaired) electrons. The number of halogens is 2. The Bertz CT molecular complexity index is 1450. The van der Waals surface area contributed by atoms with Crippen molar-refractivity contribution in [3.05, 3.63) is 82.0 Å². The van der Waals surface area contributed by atoms with E-state index in [1.165, 1.54) is 12.1 Å². The summed E-state index contributed by atoms with van der Waals surface area (Å²) in [6.45, 7) is 0. The van der Waals surface area contributed by atoms with Crippen molar-refractivity contribution in [1.82, 2.24) is 14.8 Å². The van der Waals surface area contributed by atoms with Crippen molar-refractivity contribution < 1.29 is 4.39 Å². The Labute approximate surface area is 206 Å². The van der Waals surface area contributed by atoms with Gasteiger partial charge in [-0.25, -0.2) is 4.39 Å². The molecule has 3 N–H and O–H groups in total. The number of aromatic nitrogens is 3. The van der Waals surface area contributed by atoms with Gasteiger partial charge < -0.3 is 15.6 Å². The molecule has 1 saturated carbocycles. The highest BCUT2D eigenvalue weighted by molar-refractivity contribution is 6.30. The highest BCUT2D eigenvalue weighted by atomic mass is 35.5. The second-order valence-corrected chi connectivity index (χ2v) is 9.33. The molecular formula is C26H24ClFN6O. The number of H-pyrrole nitrogens is 1. The van der Waals surface area contributed by atoms with Crippen molar-refractivity contribution in [2.24, 2.45) is 0 Å². The van der Waals surface area contributed by atoms with Crippen molar-refractivity contribution in [2.75, 3.05) is 10.6 Å². The third kappa shape index (κ3) is 4.47. The number of nitriles is 1. The lowest BCUT2D eigenvalue weighted by Gasteiger charge is -2.40. The highest BCUT2D eigenvalue weighted by Crippen LogP contribution is 2.41. The molecule has 0 bridgehead atoms. The van der Waals surface area contributed by atoms with Crippen LogP contribution in [0.5, 0.6) is 0 Å². The van der Waals surface area contributed by atoms with E-state index in [0.29, 0.717) is 22.4 Å². The quantitative estimate of drug-likeness (QED) is 0.311. The van der Waals surface area contributed by atoms with E-state index in [4.69, 9.17) is 16.7 Å². The summed E-state index contributed by atoms with van der Waals surface area (Å²) in [6, 6.07) is 18.8. The van der Waals surface area contributed by atoms with Crippen LogP contribution < -0.4 is 16.2 Å². The minimum absolute atomic E-state index is 0.0117. The highest BCUT2D eigenvalue weighted by Gasteiger charge is 2.39. The third-order valence-corrected chi connectivity index (χ3v) is 7.01. The summed E-state index contributed by atoms with van der Waals surface area (Å²) in [5.74, 6) is -0.259. The van der Waals surface area contributed by atoms with E-state index in [9.17, 15) is 14.4 Å². The average Bonchev–Trinajstić information content (AvgIpc) is 3.24. The molecule has 2 aromatic heterocycles. The topological polar surface area (TPSA) is 98.5 Å².